The van der Waals surface area contributed by atoms with E-state index in [1.54, 1.807) is 12.5 Å². The van der Waals surface area contributed by atoms with Crippen molar-refractivity contribution in [3.05, 3.63) is 52.6 Å². The van der Waals surface area contributed by atoms with Crippen molar-refractivity contribution in [3.63, 3.8) is 0 Å². The van der Waals surface area contributed by atoms with Gasteiger partial charge in [0.1, 0.15) is 24.0 Å². The van der Waals surface area contributed by atoms with Crippen LogP contribution < -0.4 is 0 Å². The van der Waals surface area contributed by atoms with Crippen LogP contribution in [0.15, 0.2) is 35.2 Å². The Morgan fingerprint density at radius 2 is 1.07 bits per heavy atom. The molecule has 164 valence electrons. The van der Waals surface area contributed by atoms with Gasteiger partial charge >= 0.3 is 0 Å². The van der Waals surface area contributed by atoms with Gasteiger partial charge in [0.25, 0.3) is 0 Å². The van der Waals surface area contributed by atoms with Crippen molar-refractivity contribution in [2.24, 2.45) is 0 Å². The normalized spacial score (nSPS) is 8.93. The molecule has 0 amide bonds. The van der Waals surface area contributed by atoms with Gasteiger partial charge in [0, 0.05) is 34.2 Å². The second-order valence-corrected chi connectivity index (χ2v) is 9.79. The number of phenolic OH excluding ortho intramolecular Hbond substituents is 2. The Morgan fingerprint density at radius 3 is 1.32 bits per heavy atom. The molecule has 0 unspecified atom stereocenters. The number of para-hydroxylation sites is 1. The zero-order valence-electron chi connectivity index (χ0n) is 17.3. The van der Waals surface area contributed by atoms with Crippen LogP contribution in [-0.4, -0.2) is 39.4 Å². The van der Waals surface area contributed by atoms with Crippen molar-refractivity contribution in [1.29, 1.82) is 0 Å². The molecule has 0 saturated heterocycles. The predicted molar refractivity (Wildman–Crippen MR) is 134 cm³/mol. The van der Waals surface area contributed by atoms with Crippen LogP contribution in [0, 0.1) is 27.7 Å². The summed E-state index contributed by atoms with van der Waals surface area (Å²) >= 11 is 0. The Balaban J connectivity index is -0.000000162. The third kappa shape index (κ3) is 13.3. The minimum absolute atomic E-state index is 0. The lowest BCUT2D eigenvalue weighted by atomic mass is 10.1. The monoisotopic (exact) mass is 471 g/mol. The molecule has 2 aromatic carbocycles. The standard InChI is InChI=1S/C10H14OS.C8H10O.C2H6OS.CH4.2ClH/c1-7-5-9(12(3)4)6-8(2)10(7)11;1-6-4-3-5-7(2)8(6)9;1-4(2)3;;;/h5-6H,1-4H3;3-5,9H,1-2H3;1-2H3;1H4;2*1H/p+1. The number of rotatable bonds is 1. The molecular formula is C21H37Cl2O3S2+. The second-order valence-electron chi connectivity index (χ2n) is 6.20. The maximum atomic E-state index is 9.56. The van der Waals surface area contributed by atoms with Gasteiger partial charge in [-0.1, -0.05) is 25.6 Å². The van der Waals surface area contributed by atoms with E-state index in [4.69, 9.17) is 0 Å². The second kappa shape index (κ2) is 17.0. The van der Waals surface area contributed by atoms with Gasteiger partial charge in [0.05, 0.1) is 0 Å². The maximum absolute atomic E-state index is 9.56. The number of hydrogen-bond donors (Lipinski definition) is 2. The zero-order chi connectivity index (χ0) is 19.7. The van der Waals surface area contributed by atoms with E-state index in [0.717, 1.165) is 22.3 Å². The lowest BCUT2D eigenvalue weighted by Crippen LogP contribution is -1.97. The first-order valence-electron chi connectivity index (χ1n) is 7.85. The van der Waals surface area contributed by atoms with Crippen LogP contribution in [0.3, 0.4) is 0 Å². The molecular weight excluding hydrogens is 435 g/mol. The highest BCUT2D eigenvalue weighted by atomic mass is 35.5. The van der Waals surface area contributed by atoms with Crippen molar-refractivity contribution < 1.29 is 14.4 Å². The predicted octanol–water partition coefficient (Wildman–Crippen LogP) is 5.73. The average molecular weight is 473 g/mol. The molecule has 0 saturated carbocycles. The van der Waals surface area contributed by atoms with Crippen LogP contribution in [0.25, 0.3) is 0 Å². The summed E-state index contributed by atoms with van der Waals surface area (Å²) in [7, 11) is -0.330. The summed E-state index contributed by atoms with van der Waals surface area (Å²) in [6.07, 6.45) is 7.65. The number of phenols is 2. The van der Waals surface area contributed by atoms with Crippen LogP contribution in [0.1, 0.15) is 29.7 Å². The van der Waals surface area contributed by atoms with Crippen LogP contribution in [0.4, 0.5) is 0 Å². The summed E-state index contributed by atoms with van der Waals surface area (Å²) in [5, 5.41) is 18.7. The summed E-state index contributed by atoms with van der Waals surface area (Å²) in [6.45, 7) is 7.67. The molecule has 0 fully saturated rings. The Morgan fingerprint density at radius 1 is 0.786 bits per heavy atom. The fourth-order valence-corrected chi connectivity index (χ4v) is 2.78. The van der Waals surface area contributed by atoms with Crippen molar-refractivity contribution in [2.75, 3.05) is 25.0 Å². The summed E-state index contributed by atoms with van der Waals surface area (Å²) in [6, 6.07) is 9.84. The molecule has 2 aromatic rings. The zero-order valence-corrected chi connectivity index (χ0v) is 20.6. The van der Waals surface area contributed by atoms with Gasteiger partial charge in [-0.25, -0.2) is 0 Å². The Bertz CT molecular complexity index is 674. The van der Waals surface area contributed by atoms with Crippen LogP contribution in [-0.2, 0) is 21.7 Å². The lowest BCUT2D eigenvalue weighted by molar-refractivity contribution is 0.466. The molecule has 0 radical (unpaired) electrons. The molecule has 0 aliphatic heterocycles. The first kappa shape index (κ1) is 34.6. The van der Waals surface area contributed by atoms with Crippen LogP contribution in [0.5, 0.6) is 11.5 Å². The summed E-state index contributed by atoms with van der Waals surface area (Å²) in [5.74, 6) is 0.849. The fraction of sp³-hybridized carbons (Fsp3) is 0.429. The van der Waals surface area contributed by atoms with E-state index >= 15 is 0 Å². The van der Waals surface area contributed by atoms with Gasteiger partial charge in [-0.05, 0) is 62.1 Å². The van der Waals surface area contributed by atoms with E-state index in [1.165, 1.54) is 4.90 Å². The van der Waals surface area contributed by atoms with Gasteiger partial charge in [0.2, 0.25) is 0 Å². The molecule has 2 rings (SSSR count). The Kier molecular flexibility index (Phi) is 21.0. The first-order chi connectivity index (χ1) is 11.5. The van der Waals surface area contributed by atoms with E-state index < -0.39 is 10.8 Å². The number of aryl methyl sites for hydroxylation is 4. The van der Waals surface area contributed by atoms with Crippen molar-refractivity contribution >= 4 is 46.5 Å². The van der Waals surface area contributed by atoms with Gasteiger partial charge in [0.15, 0.2) is 4.90 Å². The van der Waals surface area contributed by atoms with E-state index in [0.29, 0.717) is 11.5 Å². The molecule has 7 heteroatoms. The number of hydrogen-bond acceptors (Lipinski definition) is 3. The smallest absolute Gasteiger partial charge is 0.155 e. The average Bonchev–Trinajstić information content (AvgIpc) is 2.49. The van der Waals surface area contributed by atoms with E-state index in [1.807, 2.05) is 45.9 Å². The SMILES string of the molecule is C.CS(C)=O.Cc1cc([S+](C)C)cc(C)c1O.Cc1cccc(C)c1O.Cl.Cl. The molecule has 0 aliphatic carbocycles. The van der Waals surface area contributed by atoms with Gasteiger partial charge in [-0.15, -0.1) is 24.8 Å². The number of halogens is 2. The Labute approximate surface area is 189 Å². The first-order valence-corrected chi connectivity index (χ1v) is 11.9. The summed E-state index contributed by atoms with van der Waals surface area (Å²) < 4.78 is 9.56. The highest BCUT2D eigenvalue weighted by molar-refractivity contribution is 7.95. The highest BCUT2D eigenvalue weighted by Gasteiger charge is 2.11. The molecule has 2 N–H and O–H groups in total. The maximum Gasteiger partial charge on any atom is 0.155 e. The molecule has 0 aliphatic rings. The number of benzene rings is 2. The minimum atomic E-state index is -0.611. The van der Waals surface area contributed by atoms with Crippen molar-refractivity contribution in [3.8, 4) is 11.5 Å². The Hall–Kier alpha value is -0.880. The highest BCUT2D eigenvalue weighted by Crippen LogP contribution is 2.25. The largest absolute Gasteiger partial charge is 0.507 e. The quantitative estimate of drug-likeness (QED) is 0.521. The molecule has 0 heterocycles. The van der Waals surface area contributed by atoms with Gasteiger partial charge in [-0.2, -0.15) is 0 Å². The van der Waals surface area contributed by atoms with Crippen LogP contribution >= 0.6 is 24.8 Å². The van der Waals surface area contributed by atoms with Crippen molar-refractivity contribution in [2.45, 2.75) is 40.0 Å². The van der Waals surface area contributed by atoms with E-state index in [2.05, 4.69) is 24.6 Å². The molecule has 0 atom stereocenters. The molecule has 0 spiro atoms. The van der Waals surface area contributed by atoms with Gasteiger partial charge in [-0.3, -0.25) is 4.21 Å². The molecule has 3 nitrogen and oxygen atoms in total. The van der Waals surface area contributed by atoms with Crippen LogP contribution in [0.2, 0.25) is 0 Å². The van der Waals surface area contributed by atoms with Crippen molar-refractivity contribution in [1.82, 2.24) is 0 Å². The molecule has 0 bridgehead atoms. The fourth-order valence-electron chi connectivity index (χ4n) is 1.96. The summed E-state index contributed by atoms with van der Waals surface area (Å²) in [5.41, 5.74) is 3.84. The third-order valence-electron chi connectivity index (χ3n) is 3.38. The van der Waals surface area contributed by atoms with E-state index in [-0.39, 0.29) is 43.1 Å². The third-order valence-corrected chi connectivity index (χ3v) is 4.55. The molecule has 28 heavy (non-hydrogen) atoms. The summed E-state index contributed by atoms with van der Waals surface area (Å²) in [4.78, 5) is 1.32. The number of aromatic hydroxyl groups is 2. The van der Waals surface area contributed by atoms with Gasteiger partial charge < -0.3 is 10.2 Å². The molecule has 0 aromatic heterocycles. The van der Waals surface area contributed by atoms with E-state index in [9.17, 15) is 14.4 Å². The minimum Gasteiger partial charge on any atom is -0.507 e. The topological polar surface area (TPSA) is 57.5 Å². The lowest BCUT2D eigenvalue weighted by Gasteiger charge is -2.04.